The summed E-state index contributed by atoms with van der Waals surface area (Å²) in [6, 6.07) is 9.36. The predicted molar refractivity (Wildman–Crippen MR) is 115 cm³/mol. The summed E-state index contributed by atoms with van der Waals surface area (Å²) < 4.78 is 0. The summed E-state index contributed by atoms with van der Waals surface area (Å²) >= 11 is 24.6. The van der Waals surface area contributed by atoms with Crippen LogP contribution in [0.25, 0.3) is 0 Å². The molecule has 1 atom stereocenters. The van der Waals surface area contributed by atoms with Gasteiger partial charge in [-0.2, -0.15) is 0 Å². The van der Waals surface area contributed by atoms with Crippen molar-refractivity contribution < 1.29 is 9.59 Å². The maximum Gasteiger partial charge on any atom is 0.242 e. The molecule has 0 aromatic heterocycles. The molecule has 0 unspecified atom stereocenters. The highest BCUT2D eigenvalue weighted by Crippen LogP contribution is 2.27. The van der Waals surface area contributed by atoms with E-state index in [-0.39, 0.29) is 24.8 Å². The van der Waals surface area contributed by atoms with Gasteiger partial charge in [0.25, 0.3) is 0 Å². The van der Waals surface area contributed by atoms with E-state index in [1.807, 2.05) is 6.92 Å². The van der Waals surface area contributed by atoms with E-state index >= 15 is 0 Å². The second-order valence-corrected chi connectivity index (χ2v) is 7.86. The van der Waals surface area contributed by atoms with Gasteiger partial charge in [0.05, 0.1) is 6.42 Å². The van der Waals surface area contributed by atoms with Crippen LogP contribution in [0.15, 0.2) is 36.4 Å². The summed E-state index contributed by atoms with van der Waals surface area (Å²) in [5, 5.41) is 4.45. The summed E-state index contributed by atoms with van der Waals surface area (Å²) in [5.41, 5.74) is 1.20. The fourth-order valence-corrected chi connectivity index (χ4v) is 3.69. The van der Waals surface area contributed by atoms with E-state index in [0.717, 1.165) is 0 Å². The second kappa shape index (κ2) is 10.4. The van der Waals surface area contributed by atoms with Crippen LogP contribution >= 0.6 is 46.4 Å². The third-order valence-corrected chi connectivity index (χ3v) is 5.56. The molecule has 28 heavy (non-hydrogen) atoms. The minimum Gasteiger partial charge on any atom is -0.355 e. The molecule has 2 rings (SSSR count). The van der Waals surface area contributed by atoms with Crippen molar-refractivity contribution in [2.24, 2.45) is 0 Å². The van der Waals surface area contributed by atoms with Crippen LogP contribution in [0.4, 0.5) is 0 Å². The lowest BCUT2D eigenvalue weighted by Gasteiger charge is -2.29. The number of amides is 2. The van der Waals surface area contributed by atoms with Gasteiger partial charge in [-0.15, -0.1) is 0 Å². The molecule has 0 saturated heterocycles. The van der Waals surface area contributed by atoms with Crippen molar-refractivity contribution >= 4 is 58.2 Å². The topological polar surface area (TPSA) is 49.4 Å². The van der Waals surface area contributed by atoms with Crippen LogP contribution in [-0.2, 0) is 22.6 Å². The van der Waals surface area contributed by atoms with Crippen molar-refractivity contribution in [2.75, 3.05) is 6.54 Å². The molecule has 8 heteroatoms. The van der Waals surface area contributed by atoms with Gasteiger partial charge in [-0.3, -0.25) is 9.59 Å². The highest BCUT2D eigenvalue weighted by Gasteiger charge is 2.27. The van der Waals surface area contributed by atoms with Crippen LogP contribution in [0.3, 0.4) is 0 Å². The molecule has 0 saturated carbocycles. The molecule has 0 bridgehead atoms. The summed E-state index contributed by atoms with van der Waals surface area (Å²) in [5.74, 6) is -0.550. The van der Waals surface area contributed by atoms with Crippen molar-refractivity contribution in [2.45, 2.75) is 32.9 Å². The number of likely N-dealkylation sites (N-methyl/N-ethyl adjacent to an activating group) is 1. The Morgan fingerprint density at radius 3 is 2.25 bits per heavy atom. The average molecular weight is 462 g/mol. The smallest absolute Gasteiger partial charge is 0.242 e. The van der Waals surface area contributed by atoms with Crippen LogP contribution < -0.4 is 5.32 Å². The number of benzene rings is 2. The van der Waals surface area contributed by atoms with E-state index < -0.39 is 6.04 Å². The Morgan fingerprint density at radius 1 is 1.04 bits per heavy atom. The number of hydrogen-bond donors (Lipinski definition) is 1. The highest BCUT2D eigenvalue weighted by atomic mass is 35.5. The molecule has 0 heterocycles. The lowest BCUT2D eigenvalue weighted by molar-refractivity contribution is -0.140. The maximum atomic E-state index is 13.1. The van der Waals surface area contributed by atoms with E-state index in [1.54, 1.807) is 43.3 Å². The number of carbonyl (C=O) groups excluding carboxylic acids is 2. The van der Waals surface area contributed by atoms with Gasteiger partial charge in [-0.25, -0.2) is 0 Å². The van der Waals surface area contributed by atoms with Crippen molar-refractivity contribution in [3.63, 3.8) is 0 Å². The fraction of sp³-hybridized carbons (Fsp3) is 0.300. The normalized spacial score (nSPS) is 11.8. The molecule has 4 nitrogen and oxygen atoms in total. The Bertz CT molecular complexity index is 853. The second-order valence-electron chi connectivity index (χ2n) is 6.20. The minimum absolute atomic E-state index is 0.0343. The SMILES string of the molecule is CCNC(=O)[C@@H](C)N(Cc1ccc(Cl)cc1Cl)C(=O)Cc1c(Cl)cccc1Cl. The van der Waals surface area contributed by atoms with Gasteiger partial charge in [0, 0.05) is 33.2 Å². The molecule has 2 amide bonds. The van der Waals surface area contributed by atoms with Gasteiger partial charge in [0.15, 0.2) is 0 Å². The van der Waals surface area contributed by atoms with Gasteiger partial charge < -0.3 is 10.2 Å². The number of halogens is 4. The summed E-state index contributed by atoms with van der Waals surface area (Å²) in [7, 11) is 0. The van der Waals surface area contributed by atoms with E-state index in [9.17, 15) is 9.59 Å². The van der Waals surface area contributed by atoms with Gasteiger partial charge in [-0.05, 0) is 49.2 Å². The maximum absolute atomic E-state index is 13.1. The molecule has 0 aliphatic carbocycles. The van der Waals surface area contributed by atoms with E-state index in [2.05, 4.69) is 5.32 Å². The first-order valence-electron chi connectivity index (χ1n) is 8.68. The standard InChI is InChI=1S/C20H20Cl4N2O2/c1-3-25-20(28)12(2)26(11-13-7-8-14(21)9-18(13)24)19(27)10-15-16(22)5-4-6-17(15)23/h4-9,12H,3,10-11H2,1-2H3,(H,25,28)/t12-/m1/s1. The minimum atomic E-state index is -0.708. The van der Waals surface area contributed by atoms with Gasteiger partial charge >= 0.3 is 0 Å². The Balaban J connectivity index is 2.33. The summed E-state index contributed by atoms with van der Waals surface area (Å²) in [4.78, 5) is 27.0. The van der Waals surface area contributed by atoms with Crippen LogP contribution in [0.2, 0.25) is 20.1 Å². The molecule has 2 aromatic carbocycles. The molecule has 0 fully saturated rings. The monoisotopic (exact) mass is 460 g/mol. The molecule has 0 aliphatic rings. The molecule has 1 N–H and O–H groups in total. The molecule has 0 radical (unpaired) electrons. The lowest BCUT2D eigenvalue weighted by Crippen LogP contribution is -2.48. The lowest BCUT2D eigenvalue weighted by atomic mass is 10.1. The zero-order chi connectivity index (χ0) is 20.8. The summed E-state index contributed by atoms with van der Waals surface area (Å²) in [6.07, 6.45) is -0.0343. The van der Waals surface area contributed by atoms with Crippen molar-refractivity contribution in [1.82, 2.24) is 10.2 Å². The first-order valence-corrected chi connectivity index (χ1v) is 10.2. The van der Waals surface area contributed by atoms with Crippen LogP contribution in [0, 0.1) is 0 Å². The Hall–Kier alpha value is -1.46. The molecule has 150 valence electrons. The van der Waals surface area contributed by atoms with Gasteiger partial charge in [0.2, 0.25) is 11.8 Å². The molecular weight excluding hydrogens is 442 g/mol. The van der Waals surface area contributed by atoms with E-state index in [1.165, 1.54) is 4.90 Å². The predicted octanol–water partition coefficient (Wildman–Crippen LogP) is 5.40. The van der Waals surface area contributed by atoms with Gasteiger partial charge in [-0.1, -0.05) is 58.5 Å². The van der Waals surface area contributed by atoms with Gasteiger partial charge in [0.1, 0.15) is 6.04 Å². The van der Waals surface area contributed by atoms with Crippen molar-refractivity contribution in [1.29, 1.82) is 0 Å². The zero-order valence-corrected chi connectivity index (χ0v) is 18.5. The number of hydrogen-bond acceptors (Lipinski definition) is 2. The largest absolute Gasteiger partial charge is 0.355 e. The molecular formula is C20H20Cl4N2O2. The molecule has 0 aliphatic heterocycles. The molecule has 0 spiro atoms. The first-order chi connectivity index (χ1) is 13.2. The molecule has 2 aromatic rings. The zero-order valence-electron chi connectivity index (χ0n) is 15.4. The van der Waals surface area contributed by atoms with Crippen LogP contribution in [0.1, 0.15) is 25.0 Å². The summed E-state index contributed by atoms with van der Waals surface area (Å²) in [6.45, 7) is 4.09. The first kappa shape index (κ1) is 22.8. The fourth-order valence-electron chi connectivity index (χ4n) is 2.69. The van der Waals surface area contributed by atoms with E-state index in [4.69, 9.17) is 46.4 Å². The number of nitrogens with one attached hydrogen (secondary N) is 1. The van der Waals surface area contributed by atoms with Crippen molar-refractivity contribution in [3.8, 4) is 0 Å². The van der Waals surface area contributed by atoms with E-state index in [0.29, 0.717) is 37.8 Å². The Labute approximate surface area is 184 Å². The average Bonchev–Trinajstić information content (AvgIpc) is 2.63. The number of carbonyl (C=O) groups is 2. The highest BCUT2D eigenvalue weighted by molar-refractivity contribution is 6.36. The van der Waals surface area contributed by atoms with Crippen LogP contribution in [0.5, 0.6) is 0 Å². The third kappa shape index (κ3) is 5.77. The number of rotatable bonds is 7. The van der Waals surface area contributed by atoms with Crippen LogP contribution in [-0.4, -0.2) is 29.3 Å². The Morgan fingerprint density at radius 2 is 1.68 bits per heavy atom. The third-order valence-electron chi connectivity index (χ3n) is 4.26. The quantitative estimate of drug-likeness (QED) is 0.600. The number of nitrogens with zero attached hydrogens (tertiary/aromatic N) is 1. The Kier molecular flexibility index (Phi) is 8.44. The van der Waals surface area contributed by atoms with Crippen molar-refractivity contribution in [3.05, 3.63) is 67.6 Å².